The Morgan fingerprint density at radius 1 is 1.12 bits per heavy atom. The molecule has 2 heterocycles. The Hall–Kier alpha value is -2.72. The van der Waals surface area contributed by atoms with Gasteiger partial charge in [0.15, 0.2) is 5.11 Å². The number of methoxy groups -OCH3 is 1. The highest BCUT2D eigenvalue weighted by Crippen LogP contribution is 2.25. The highest BCUT2D eigenvalue weighted by molar-refractivity contribution is 7.80. The van der Waals surface area contributed by atoms with Gasteiger partial charge in [-0.15, -0.1) is 0 Å². The number of hydrogen-bond donors (Lipinski definition) is 2. The van der Waals surface area contributed by atoms with Gasteiger partial charge < -0.3 is 29.9 Å². The molecule has 2 aromatic rings. The summed E-state index contributed by atoms with van der Waals surface area (Å²) in [6, 6.07) is 13.9. The van der Waals surface area contributed by atoms with Crippen LogP contribution in [-0.4, -0.2) is 67.4 Å². The second kappa shape index (κ2) is 10.5. The fourth-order valence-electron chi connectivity index (χ4n) is 3.91. The Labute approximate surface area is 202 Å². The fourth-order valence-corrected chi connectivity index (χ4v) is 4.36. The summed E-state index contributed by atoms with van der Waals surface area (Å²) >= 11 is 11.5. The first-order chi connectivity index (χ1) is 15.9. The van der Waals surface area contributed by atoms with Crippen LogP contribution in [0.5, 0.6) is 0 Å². The van der Waals surface area contributed by atoms with E-state index < -0.39 is 6.04 Å². The van der Waals surface area contributed by atoms with Gasteiger partial charge in [0.2, 0.25) is 5.91 Å². The van der Waals surface area contributed by atoms with Crippen LogP contribution in [0.4, 0.5) is 17.1 Å². The molecule has 2 aliphatic rings. The molecule has 0 spiro atoms. The van der Waals surface area contributed by atoms with E-state index in [0.29, 0.717) is 41.9 Å². The first kappa shape index (κ1) is 23.4. The van der Waals surface area contributed by atoms with Gasteiger partial charge in [0.05, 0.1) is 12.7 Å². The van der Waals surface area contributed by atoms with Crippen molar-refractivity contribution >= 4 is 57.8 Å². The molecule has 33 heavy (non-hydrogen) atoms. The third kappa shape index (κ3) is 5.62. The molecule has 2 amide bonds. The van der Waals surface area contributed by atoms with Crippen molar-refractivity contribution in [1.82, 2.24) is 4.90 Å². The summed E-state index contributed by atoms with van der Waals surface area (Å²) < 4.78 is 10.7. The lowest BCUT2D eigenvalue weighted by molar-refractivity contribution is -0.125. The van der Waals surface area contributed by atoms with Gasteiger partial charge in [-0.2, -0.15) is 0 Å². The number of carbonyl (C=O) groups excluding carboxylic acids is 2. The van der Waals surface area contributed by atoms with Crippen LogP contribution >= 0.6 is 23.8 Å². The van der Waals surface area contributed by atoms with E-state index in [-0.39, 0.29) is 24.5 Å². The molecule has 2 fully saturated rings. The molecule has 174 valence electrons. The zero-order valence-electron chi connectivity index (χ0n) is 18.1. The Bertz CT molecular complexity index is 1020. The first-order valence-corrected chi connectivity index (χ1v) is 11.4. The number of amides is 2. The quantitative estimate of drug-likeness (QED) is 0.625. The lowest BCUT2D eigenvalue weighted by atomic mass is 10.1. The zero-order valence-corrected chi connectivity index (χ0v) is 19.7. The van der Waals surface area contributed by atoms with Crippen LogP contribution in [0.2, 0.25) is 5.02 Å². The minimum atomic E-state index is -0.484. The monoisotopic (exact) mass is 488 g/mol. The summed E-state index contributed by atoms with van der Waals surface area (Å²) in [6.07, 6.45) is 0.408. The Balaban J connectivity index is 1.42. The SMILES string of the molecule is CO[C@@H]1C[C@H](C(=O)Nc2ccc(N3CCOCC3=O)cc2)N(C(=S)Nc2ccc(Cl)cc2)C1. The van der Waals surface area contributed by atoms with Crippen LogP contribution in [0, 0.1) is 0 Å². The second-order valence-corrected chi connectivity index (χ2v) is 8.66. The van der Waals surface area contributed by atoms with Crippen LogP contribution in [0.15, 0.2) is 48.5 Å². The van der Waals surface area contributed by atoms with Crippen LogP contribution in [0.3, 0.4) is 0 Å². The van der Waals surface area contributed by atoms with Gasteiger partial charge in [-0.05, 0) is 60.7 Å². The van der Waals surface area contributed by atoms with E-state index in [1.54, 1.807) is 36.3 Å². The molecule has 8 nitrogen and oxygen atoms in total. The summed E-state index contributed by atoms with van der Waals surface area (Å²) in [7, 11) is 1.63. The summed E-state index contributed by atoms with van der Waals surface area (Å²) in [6.45, 7) is 1.61. The molecule has 0 saturated carbocycles. The van der Waals surface area contributed by atoms with E-state index >= 15 is 0 Å². The van der Waals surface area contributed by atoms with Crippen molar-refractivity contribution in [1.29, 1.82) is 0 Å². The molecule has 2 atom stereocenters. The van der Waals surface area contributed by atoms with Crippen molar-refractivity contribution in [2.75, 3.05) is 48.9 Å². The molecular formula is C23H25ClN4O4S. The van der Waals surface area contributed by atoms with Crippen LogP contribution in [0.1, 0.15) is 6.42 Å². The van der Waals surface area contributed by atoms with Gasteiger partial charge in [-0.1, -0.05) is 11.6 Å². The lowest BCUT2D eigenvalue weighted by Gasteiger charge is -2.27. The van der Waals surface area contributed by atoms with E-state index in [2.05, 4.69) is 10.6 Å². The van der Waals surface area contributed by atoms with Gasteiger partial charge in [-0.3, -0.25) is 9.59 Å². The van der Waals surface area contributed by atoms with Crippen molar-refractivity contribution < 1.29 is 19.1 Å². The summed E-state index contributed by atoms with van der Waals surface area (Å²) in [4.78, 5) is 28.7. The summed E-state index contributed by atoms with van der Waals surface area (Å²) in [5, 5.41) is 7.20. The number of halogens is 1. The average molecular weight is 489 g/mol. The third-order valence-corrected chi connectivity index (χ3v) is 6.28. The third-order valence-electron chi connectivity index (χ3n) is 5.69. The maximum atomic E-state index is 13.1. The number of anilines is 3. The molecule has 0 aromatic heterocycles. The first-order valence-electron chi connectivity index (χ1n) is 10.6. The Morgan fingerprint density at radius 3 is 2.45 bits per heavy atom. The number of morpholine rings is 1. The Morgan fingerprint density at radius 2 is 1.79 bits per heavy atom. The summed E-state index contributed by atoms with van der Waals surface area (Å²) in [5.41, 5.74) is 2.20. The molecule has 2 saturated heterocycles. The number of benzene rings is 2. The molecule has 2 aliphatic heterocycles. The normalized spacial score (nSPS) is 20.6. The topological polar surface area (TPSA) is 83.1 Å². The largest absolute Gasteiger partial charge is 0.380 e. The number of carbonyl (C=O) groups is 2. The zero-order chi connectivity index (χ0) is 23.4. The minimum absolute atomic E-state index is 0.0769. The smallest absolute Gasteiger partial charge is 0.253 e. The van der Waals surface area contributed by atoms with Crippen molar-refractivity contribution in [2.24, 2.45) is 0 Å². The predicted octanol–water partition coefficient (Wildman–Crippen LogP) is 3.13. The maximum Gasteiger partial charge on any atom is 0.253 e. The highest BCUT2D eigenvalue weighted by atomic mass is 35.5. The molecule has 10 heteroatoms. The van der Waals surface area contributed by atoms with E-state index in [4.69, 9.17) is 33.3 Å². The highest BCUT2D eigenvalue weighted by Gasteiger charge is 2.38. The van der Waals surface area contributed by atoms with Crippen molar-refractivity contribution in [3.8, 4) is 0 Å². The average Bonchev–Trinajstić information content (AvgIpc) is 3.27. The number of rotatable bonds is 5. The van der Waals surface area contributed by atoms with Crippen molar-refractivity contribution in [3.63, 3.8) is 0 Å². The number of thiocarbonyl (C=S) groups is 1. The van der Waals surface area contributed by atoms with Gasteiger partial charge in [-0.25, -0.2) is 0 Å². The van der Waals surface area contributed by atoms with E-state index in [9.17, 15) is 9.59 Å². The minimum Gasteiger partial charge on any atom is -0.380 e. The lowest BCUT2D eigenvalue weighted by Crippen LogP contribution is -2.45. The molecule has 2 aromatic carbocycles. The number of likely N-dealkylation sites (tertiary alicyclic amines) is 1. The van der Waals surface area contributed by atoms with Gasteiger partial charge in [0.1, 0.15) is 12.6 Å². The summed E-state index contributed by atoms with van der Waals surface area (Å²) in [5.74, 6) is -0.253. The second-order valence-electron chi connectivity index (χ2n) is 7.83. The molecule has 0 radical (unpaired) electrons. The van der Waals surface area contributed by atoms with E-state index in [0.717, 1.165) is 11.4 Å². The number of hydrogen-bond acceptors (Lipinski definition) is 5. The molecule has 0 unspecified atom stereocenters. The Kier molecular flexibility index (Phi) is 7.44. The number of ether oxygens (including phenoxy) is 2. The number of nitrogens with zero attached hydrogens (tertiary/aromatic N) is 2. The van der Waals surface area contributed by atoms with E-state index in [1.807, 2.05) is 29.2 Å². The van der Waals surface area contributed by atoms with Crippen molar-refractivity contribution in [2.45, 2.75) is 18.6 Å². The molecule has 2 N–H and O–H groups in total. The standard InChI is InChI=1S/C23H25ClN4O4S/c1-31-19-12-20(28(13-19)23(33)26-17-4-2-15(24)3-5-17)22(30)25-16-6-8-18(9-7-16)27-10-11-32-14-21(27)29/h2-9,19-20H,10-14H2,1H3,(H,25,30)(H,26,33)/t19-,20-/m1/s1. The van der Waals surface area contributed by atoms with Crippen molar-refractivity contribution in [3.05, 3.63) is 53.6 Å². The van der Waals surface area contributed by atoms with Gasteiger partial charge in [0, 0.05) is 48.7 Å². The van der Waals surface area contributed by atoms with Crippen LogP contribution in [0.25, 0.3) is 0 Å². The van der Waals surface area contributed by atoms with Gasteiger partial charge in [0.25, 0.3) is 5.91 Å². The predicted molar refractivity (Wildman–Crippen MR) is 132 cm³/mol. The molecule has 0 bridgehead atoms. The van der Waals surface area contributed by atoms with Crippen LogP contribution in [-0.2, 0) is 19.1 Å². The molecule has 0 aliphatic carbocycles. The molecular weight excluding hydrogens is 464 g/mol. The fraction of sp³-hybridized carbons (Fsp3) is 0.348. The maximum absolute atomic E-state index is 13.1. The van der Waals surface area contributed by atoms with E-state index in [1.165, 1.54) is 0 Å². The number of nitrogens with one attached hydrogen (secondary N) is 2. The van der Waals surface area contributed by atoms with Crippen LogP contribution < -0.4 is 15.5 Å². The molecule has 4 rings (SSSR count). The van der Waals surface area contributed by atoms with Gasteiger partial charge >= 0.3 is 0 Å².